The quantitative estimate of drug-likeness (QED) is 0.640. The van der Waals surface area contributed by atoms with E-state index in [4.69, 9.17) is 4.52 Å². The van der Waals surface area contributed by atoms with Crippen LogP contribution in [0.3, 0.4) is 0 Å². The zero-order valence-electron chi connectivity index (χ0n) is 16.7. The molecule has 0 N–H and O–H groups in total. The van der Waals surface area contributed by atoms with Crippen molar-refractivity contribution >= 4 is 17.0 Å². The number of nitrogens with zero attached hydrogens (tertiary/aromatic N) is 5. The molecule has 1 fully saturated rings. The third kappa shape index (κ3) is 4.03. The number of piperidine rings is 1. The number of likely N-dealkylation sites (tertiary alicyclic amines) is 1. The highest BCUT2D eigenvalue weighted by atomic mass is 19.4. The fourth-order valence-electron chi connectivity index (χ4n) is 3.95. The van der Waals surface area contributed by atoms with Gasteiger partial charge < -0.3 is 9.42 Å². The number of aryl methyl sites for hydroxylation is 3. The van der Waals surface area contributed by atoms with Crippen LogP contribution in [0.5, 0.6) is 0 Å². The highest BCUT2D eigenvalue weighted by Crippen LogP contribution is 2.38. The van der Waals surface area contributed by atoms with Crippen LogP contribution in [0, 0.1) is 13.8 Å². The summed E-state index contributed by atoms with van der Waals surface area (Å²) in [6, 6.07) is 2.95. The van der Waals surface area contributed by atoms with Crippen LogP contribution in [0.1, 0.15) is 47.8 Å². The summed E-state index contributed by atoms with van der Waals surface area (Å²) in [6.07, 6.45) is -1.08. The first kappa shape index (κ1) is 20.4. The van der Waals surface area contributed by atoms with Gasteiger partial charge in [0.1, 0.15) is 0 Å². The van der Waals surface area contributed by atoms with Crippen molar-refractivity contribution in [2.75, 3.05) is 13.1 Å². The maximum Gasteiger partial charge on any atom is 0.417 e. The molecule has 0 saturated carbocycles. The Kier molecular flexibility index (Phi) is 5.25. The molecule has 0 radical (unpaired) electrons. The zero-order chi connectivity index (χ0) is 21.5. The van der Waals surface area contributed by atoms with E-state index in [-0.39, 0.29) is 40.7 Å². The summed E-state index contributed by atoms with van der Waals surface area (Å²) in [6.45, 7) is 4.73. The molecule has 1 atom stereocenters. The zero-order valence-corrected chi connectivity index (χ0v) is 16.7. The van der Waals surface area contributed by atoms with Crippen LogP contribution in [0.2, 0.25) is 0 Å². The van der Waals surface area contributed by atoms with Gasteiger partial charge in [0.15, 0.2) is 0 Å². The van der Waals surface area contributed by atoms with Crippen molar-refractivity contribution in [1.82, 2.24) is 24.8 Å². The largest absolute Gasteiger partial charge is 0.417 e. The lowest BCUT2D eigenvalue weighted by atomic mass is 9.92. The Labute approximate surface area is 170 Å². The van der Waals surface area contributed by atoms with Gasteiger partial charge in [0.2, 0.25) is 5.91 Å². The van der Waals surface area contributed by atoms with Gasteiger partial charge in [-0.05, 0) is 38.8 Å². The molecule has 1 aliphatic rings. The number of hydrogen-bond acceptors (Lipinski definition) is 5. The first-order valence-electron chi connectivity index (χ1n) is 9.84. The highest BCUT2D eigenvalue weighted by Gasteiger charge is 2.37. The van der Waals surface area contributed by atoms with E-state index >= 15 is 0 Å². The van der Waals surface area contributed by atoms with Crippen LogP contribution in [-0.2, 0) is 17.5 Å². The predicted molar refractivity (Wildman–Crippen MR) is 102 cm³/mol. The minimum absolute atomic E-state index is 0.0412. The Morgan fingerprint density at radius 1 is 1.33 bits per heavy atom. The average Bonchev–Trinajstić information content (AvgIpc) is 3.30. The SMILES string of the molecule is Cc1ccn(CCC(=O)N2CCCC(c3cc(C(F)(F)F)c4c(C)noc4n3)C2)n1. The third-order valence-corrected chi connectivity index (χ3v) is 5.46. The Morgan fingerprint density at radius 2 is 2.13 bits per heavy atom. The van der Waals surface area contributed by atoms with Crippen molar-refractivity contribution in [3.63, 3.8) is 0 Å². The standard InChI is InChI=1S/C20H22F3N5O2/c1-12-5-8-28(25-12)9-6-17(29)27-7-3-4-14(11-27)16-10-15(20(21,22)23)18-13(2)26-30-19(18)24-16/h5,8,10,14H,3-4,6-7,9,11H2,1-2H3. The van der Waals surface area contributed by atoms with Crippen molar-refractivity contribution in [3.8, 4) is 0 Å². The molecule has 1 aliphatic heterocycles. The van der Waals surface area contributed by atoms with Gasteiger partial charge in [-0.2, -0.15) is 18.3 Å². The number of rotatable bonds is 4. The van der Waals surface area contributed by atoms with Crippen molar-refractivity contribution in [1.29, 1.82) is 0 Å². The molecule has 0 aromatic carbocycles. The Balaban J connectivity index is 1.53. The monoisotopic (exact) mass is 421 g/mol. The number of hydrogen-bond donors (Lipinski definition) is 0. The second-order valence-corrected chi connectivity index (χ2v) is 7.69. The topological polar surface area (TPSA) is 77.0 Å². The summed E-state index contributed by atoms with van der Waals surface area (Å²) in [5, 5.41) is 7.80. The maximum atomic E-state index is 13.6. The Hall–Kier alpha value is -2.91. The first-order valence-corrected chi connectivity index (χ1v) is 9.84. The van der Waals surface area contributed by atoms with Crippen molar-refractivity contribution in [2.45, 2.75) is 51.7 Å². The second-order valence-electron chi connectivity index (χ2n) is 7.69. The molecule has 3 aromatic rings. The van der Waals surface area contributed by atoms with Crippen molar-refractivity contribution in [3.05, 3.63) is 41.0 Å². The summed E-state index contributed by atoms with van der Waals surface area (Å²) in [5.74, 6) is -0.328. The summed E-state index contributed by atoms with van der Waals surface area (Å²) >= 11 is 0. The van der Waals surface area contributed by atoms with Crippen LogP contribution < -0.4 is 0 Å². The van der Waals surface area contributed by atoms with Crippen LogP contribution in [0.25, 0.3) is 11.1 Å². The molecule has 160 valence electrons. The Morgan fingerprint density at radius 3 is 2.83 bits per heavy atom. The fourth-order valence-corrected chi connectivity index (χ4v) is 3.95. The lowest BCUT2D eigenvalue weighted by molar-refractivity contribution is -0.136. The average molecular weight is 421 g/mol. The molecule has 3 aromatic heterocycles. The minimum Gasteiger partial charge on any atom is -0.342 e. The van der Waals surface area contributed by atoms with E-state index in [9.17, 15) is 18.0 Å². The van der Waals surface area contributed by atoms with Crippen molar-refractivity contribution in [2.24, 2.45) is 0 Å². The van der Waals surface area contributed by atoms with E-state index < -0.39 is 11.7 Å². The number of amides is 1. The van der Waals surface area contributed by atoms with Crippen molar-refractivity contribution < 1.29 is 22.5 Å². The van der Waals surface area contributed by atoms with Gasteiger partial charge in [0, 0.05) is 38.2 Å². The van der Waals surface area contributed by atoms with Crippen LogP contribution in [0.4, 0.5) is 13.2 Å². The van der Waals surface area contributed by atoms with Gasteiger partial charge >= 0.3 is 6.18 Å². The van der Waals surface area contributed by atoms with Crippen LogP contribution >= 0.6 is 0 Å². The molecule has 4 heterocycles. The molecule has 4 rings (SSSR count). The number of alkyl halides is 3. The molecule has 1 unspecified atom stereocenters. The normalized spacial score (nSPS) is 17.6. The Bertz CT molecular complexity index is 1070. The molecule has 30 heavy (non-hydrogen) atoms. The predicted octanol–water partition coefficient (Wildman–Crippen LogP) is 3.85. The molecule has 0 spiro atoms. The van der Waals surface area contributed by atoms with E-state index in [2.05, 4.69) is 15.2 Å². The summed E-state index contributed by atoms with van der Waals surface area (Å²) in [4.78, 5) is 18.7. The smallest absolute Gasteiger partial charge is 0.342 e. The van der Waals surface area contributed by atoms with Crippen LogP contribution in [-0.4, -0.2) is 43.8 Å². The molecular weight excluding hydrogens is 399 g/mol. The van der Waals surface area contributed by atoms with Crippen LogP contribution in [0.15, 0.2) is 22.9 Å². The summed E-state index contributed by atoms with van der Waals surface area (Å²) < 4.78 is 47.6. The molecule has 1 saturated heterocycles. The minimum atomic E-state index is -4.54. The van der Waals surface area contributed by atoms with E-state index in [1.807, 2.05) is 19.2 Å². The number of halogens is 3. The lowest BCUT2D eigenvalue weighted by Gasteiger charge is -2.32. The molecule has 7 nitrogen and oxygen atoms in total. The maximum absolute atomic E-state index is 13.6. The van der Waals surface area contributed by atoms with Gasteiger partial charge in [0.05, 0.1) is 28.0 Å². The number of carbonyl (C=O) groups is 1. The third-order valence-electron chi connectivity index (χ3n) is 5.46. The molecular formula is C20H22F3N5O2. The molecule has 0 aliphatic carbocycles. The highest BCUT2D eigenvalue weighted by molar-refractivity contribution is 5.81. The fraction of sp³-hybridized carbons (Fsp3) is 0.500. The first-order chi connectivity index (χ1) is 14.2. The molecule has 0 bridgehead atoms. The number of pyridine rings is 1. The van der Waals surface area contributed by atoms with Gasteiger partial charge in [-0.15, -0.1) is 0 Å². The van der Waals surface area contributed by atoms with Gasteiger partial charge in [0.25, 0.3) is 5.71 Å². The van der Waals surface area contributed by atoms with Gasteiger partial charge in [-0.25, -0.2) is 4.98 Å². The molecule has 1 amide bonds. The number of carbonyl (C=O) groups excluding carboxylic acids is 1. The van der Waals surface area contributed by atoms with E-state index in [1.54, 1.807) is 9.58 Å². The number of fused-ring (bicyclic) bond motifs is 1. The van der Waals surface area contributed by atoms with Gasteiger partial charge in [-0.3, -0.25) is 9.48 Å². The number of aromatic nitrogens is 4. The van der Waals surface area contributed by atoms with E-state index in [0.29, 0.717) is 32.5 Å². The van der Waals surface area contributed by atoms with Gasteiger partial charge in [-0.1, -0.05) is 5.16 Å². The van der Waals surface area contributed by atoms with E-state index in [0.717, 1.165) is 11.8 Å². The molecule has 10 heteroatoms. The summed E-state index contributed by atoms with van der Waals surface area (Å²) in [7, 11) is 0. The van der Waals surface area contributed by atoms with E-state index in [1.165, 1.54) is 6.92 Å². The summed E-state index contributed by atoms with van der Waals surface area (Å²) in [5.41, 5.74) is 0.413. The second kappa shape index (κ2) is 7.73. The lowest BCUT2D eigenvalue weighted by Crippen LogP contribution is -2.39.